The second-order valence-corrected chi connectivity index (χ2v) is 7.74. The molecular formula is C20H22F2N5OS+. The van der Waals surface area contributed by atoms with Gasteiger partial charge in [-0.2, -0.15) is 0 Å². The van der Waals surface area contributed by atoms with E-state index < -0.39 is 5.82 Å². The van der Waals surface area contributed by atoms with Gasteiger partial charge in [0.15, 0.2) is 11.0 Å². The summed E-state index contributed by atoms with van der Waals surface area (Å²) in [5.74, 6) is -0.264. The van der Waals surface area contributed by atoms with Crippen LogP contribution in [0.3, 0.4) is 0 Å². The zero-order valence-corrected chi connectivity index (χ0v) is 17.1. The number of quaternary nitrogens is 1. The number of rotatable bonds is 7. The van der Waals surface area contributed by atoms with Crippen LogP contribution in [0.2, 0.25) is 0 Å². The highest BCUT2D eigenvalue weighted by atomic mass is 32.2. The molecule has 1 amide bonds. The fourth-order valence-electron chi connectivity index (χ4n) is 2.64. The quantitative estimate of drug-likeness (QED) is 0.579. The molecule has 0 radical (unpaired) electrons. The largest absolute Gasteiger partial charge is 0.331 e. The highest BCUT2D eigenvalue weighted by Crippen LogP contribution is 2.24. The lowest BCUT2D eigenvalue weighted by Gasteiger charge is -2.18. The van der Waals surface area contributed by atoms with Crippen molar-refractivity contribution in [3.8, 4) is 5.69 Å². The standard InChI is InChI=1S/C20H21F2N5OS/c1-13(26(2)3)19-24-25-20(27(19)17-9-7-14(21)8-10-17)29-12-18(28)23-16-6-4-5-15(22)11-16/h4-11,13H,12H2,1-3H3,(H,23,28)/p+1/t13-/m1/s1. The van der Waals surface area contributed by atoms with Crippen molar-refractivity contribution < 1.29 is 18.5 Å². The van der Waals surface area contributed by atoms with E-state index in [1.165, 1.54) is 42.1 Å². The van der Waals surface area contributed by atoms with E-state index >= 15 is 0 Å². The number of hydrogen-bond donors (Lipinski definition) is 2. The van der Waals surface area contributed by atoms with Crippen LogP contribution >= 0.6 is 11.8 Å². The number of nitrogens with zero attached hydrogens (tertiary/aromatic N) is 3. The van der Waals surface area contributed by atoms with Crippen molar-refractivity contribution in [1.29, 1.82) is 0 Å². The van der Waals surface area contributed by atoms with Gasteiger partial charge in [0.1, 0.15) is 17.7 Å². The number of amides is 1. The van der Waals surface area contributed by atoms with E-state index in [9.17, 15) is 13.6 Å². The fourth-order valence-corrected chi connectivity index (χ4v) is 3.40. The van der Waals surface area contributed by atoms with E-state index in [1.807, 2.05) is 25.6 Å². The molecule has 0 aliphatic rings. The second-order valence-electron chi connectivity index (χ2n) is 6.80. The molecule has 1 atom stereocenters. The molecule has 2 N–H and O–H groups in total. The average Bonchev–Trinajstić information content (AvgIpc) is 3.10. The van der Waals surface area contributed by atoms with Crippen LogP contribution in [0.5, 0.6) is 0 Å². The minimum absolute atomic E-state index is 0.0306. The highest BCUT2D eigenvalue weighted by molar-refractivity contribution is 7.99. The third-order valence-corrected chi connectivity index (χ3v) is 5.37. The van der Waals surface area contributed by atoms with E-state index in [0.29, 0.717) is 22.4 Å². The number of carbonyl (C=O) groups excluding carboxylic acids is 1. The average molecular weight is 418 g/mol. The van der Waals surface area contributed by atoms with Crippen LogP contribution in [0, 0.1) is 11.6 Å². The molecule has 29 heavy (non-hydrogen) atoms. The number of nitrogens with one attached hydrogen (secondary N) is 2. The molecule has 1 aromatic heterocycles. The van der Waals surface area contributed by atoms with Crippen LogP contribution in [0.4, 0.5) is 14.5 Å². The van der Waals surface area contributed by atoms with Crippen molar-refractivity contribution >= 4 is 23.4 Å². The summed E-state index contributed by atoms with van der Waals surface area (Å²) in [4.78, 5) is 13.4. The number of anilines is 1. The predicted molar refractivity (Wildman–Crippen MR) is 108 cm³/mol. The summed E-state index contributed by atoms with van der Waals surface area (Å²) in [6.07, 6.45) is 0. The van der Waals surface area contributed by atoms with Gasteiger partial charge in [-0.05, 0) is 49.4 Å². The van der Waals surface area contributed by atoms with Gasteiger partial charge in [0, 0.05) is 11.4 Å². The lowest BCUT2D eigenvalue weighted by Crippen LogP contribution is -3.05. The minimum Gasteiger partial charge on any atom is -0.331 e. The zero-order chi connectivity index (χ0) is 21.0. The maximum absolute atomic E-state index is 13.4. The van der Waals surface area contributed by atoms with Crippen LogP contribution in [0.15, 0.2) is 53.7 Å². The van der Waals surface area contributed by atoms with Gasteiger partial charge < -0.3 is 10.2 Å². The smallest absolute Gasteiger partial charge is 0.234 e. The van der Waals surface area contributed by atoms with Gasteiger partial charge in [0.05, 0.1) is 19.8 Å². The topological polar surface area (TPSA) is 64.2 Å². The van der Waals surface area contributed by atoms with Crippen molar-refractivity contribution in [2.75, 3.05) is 25.2 Å². The van der Waals surface area contributed by atoms with Gasteiger partial charge in [0.25, 0.3) is 0 Å². The molecule has 0 aliphatic heterocycles. The first-order valence-electron chi connectivity index (χ1n) is 9.04. The van der Waals surface area contributed by atoms with Crippen molar-refractivity contribution in [3.63, 3.8) is 0 Å². The van der Waals surface area contributed by atoms with Gasteiger partial charge >= 0.3 is 0 Å². The molecule has 152 valence electrons. The molecule has 0 bridgehead atoms. The lowest BCUT2D eigenvalue weighted by molar-refractivity contribution is -0.890. The van der Waals surface area contributed by atoms with Gasteiger partial charge in [-0.15, -0.1) is 10.2 Å². The summed E-state index contributed by atoms with van der Waals surface area (Å²) in [6, 6.07) is 11.8. The Morgan fingerprint density at radius 3 is 2.52 bits per heavy atom. The monoisotopic (exact) mass is 418 g/mol. The van der Waals surface area contributed by atoms with Crippen LogP contribution in [0.1, 0.15) is 18.8 Å². The Hall–Kier alpha value is -2.78. The maximum atomic E-state index is 13.4. The van der Waals surface area contributed by atoms with Gasteiger partial charge in [0.2, 0.25) is 5.91 Å². The molecule has 0 spiro atoms. The van der Waals surface area contributed by atoms with Crippen molar-refractivity contribution in [2.24, 2.45) is 0 Å². The number of thioether (sulfide) groups is 1. The normalized spacial score (nSPS) is 12.2. The van der Waals surface area contributed by atoms with E-state index in [-0.39, 0.29) is 23.5 Å². The summed E-state index contributed by atoms with van der Waals surface area (Å²) in [5.41, 5.74) is 1.11. The molecule has 0 aliphatic carbocycles. The number of carbonyl (C=O) groups is 1. The van der Waals surface area contributed by atoms with Gasteiger partial charge in [-0.3, -0.25) is 9.36 Å². The molecule has 9 heteroatoms. The fraction of sp³-hybridized carbons (Fsp3) is 0.250. The zero-order valence-electron chi connectivity index (χ0n) is 16.3. The molecule has 6 nitrogen and oxygen atoms in total. The first kappa shape index (κ1) is 20.9. The molecule has 0 unspecified atom stereocenters. The Balaban J connectivity index is 1.81. The molecule has 3 aromatic rings. The van der Waals surface area contributed by atoms with Gasteiger partial charge in [-0.1, -0.05) is 17.8 Å². The molecule has 0 saturated heterocycles. The Kier molecular flexibility index (Phi) is 6.60. The first-order chi connectivity index (χ1) is 13.8. The summed E-state index contributed by atoms with van der Waals surface area (Å²) >= 11 is 1.21. The summed E-state index contributed by atoms with van der Waals surface area (Å²) < 4.78 is 28.5. The predicted octanol–water partition coefficient (Wildman–Crippen LogP) is 2.48. The second kappa shape index (κ2) is 9.15. The third kappa shape index (κ3) is 5.18. The summed E-state index contributed by atoms with van der Waals surface area (Å²) in [7, 11) is 4.02. The first-order valence-corrected chi connectivity index (χ1v) is 10.0. The van der Waals surface area contributed by atoms with Crippen molar-refractivity contribution in [2.45, 2.75) is 18.1 Å². The van der Waals surface area contributed by atoms with Crippen LogP contribution in [-0.2, 0) is 4.79 Å². The van der Waals surface area contributed by atoms with Crippen LogP contribution < -0.4 is 10.2 Å². The highest BCUT2D eigenvalue weighted by Gasteiger charge is 2.24. The van der Waals surface area contributed by atoms with Crippen molar-refractivity contribution in [3.05, 3.63) is 66.0 Å². The number of hydrogen-bond acceptors (Lipinski definition) is 4. The third-order valence-electron chi connectivity index (χ3n) is 4.44. The lowest BCUT2D eigenvalue weighted by atomic mass is 10.2. The Labute approximate surface area is 171 Å². The van der Waals surface area contributed by atoms with E-state index in [1.54, 1.807) is 18.2 Å². The van der Waals surface area contributed by atoms with Crippen LogP contribution in [-0.4, -0.2) is 40.5 Å². The van der Waals surface area contributed by atoms with Gasteiger partial charge in [-0.25, -0.2) is 8.78 Å². The Bertz CT molecular complexity index is 991. The maximum Gasteiger partial charge on any atom is 0.234 e. The van der Waals surface area contributed by atoms with Crippen molar-refractivity contribution in [1.82, 2.24) is 14.8 Å². The molecule has 2 aromatic carbocycles. The van der Waals surface area contributed by atoms with E-state index in [0.717, 1.165) is 4.90 Å². The van der Waals surface area contributed by atoms with Crippen LogP contribution in [0.25, 0.3) is 5.69 Å². The molecule has 3 rings (SSSR count). The number of halogens is 2. The Morgan fingerprint density at radius 1 is 1.14 bits per heavy atom. The summed E-state index contributed by atoms with van der Waals surface area (Å²) in [5, 5.41) is 11.7. The Morgan fingerprint density at radius 2 is 1.86 bits per heavy atom. The molecule has 1 heterocycles. The SMILES string of the molecule is C[C@H](c1nnc(SCC(=O)Nc2cccc(F)c2)n1-c1ccc(F)cc1)[NH+](C)C. The number of benzene rings is 2. The molecule has 0 fully saturated rings. The van der Waals surface area contributed by atoms with E-state index in [2.05, 4.69) is 15.5 Å². The molecular weight excluding hydrogens is 396 g/mol. The van der Waals surface area contributed by atoms with E-state index in [4.69, 9.17) is 0 Å². The minimum atomic E-state index is -0.420. The summed E-state index contributed by atoms with van der Waals surface area (Å²) in [6.45, 7) is 2.02. The number of aromatic nitrogens is 3. The molecule has 0 saturated carbocycles.